The molecule has 0 aliphatic carbocycles. The Kier molecular flexibility index (Phi) is 4.49. The van der Waals surface area contributed by atoms with Crippen molar-refractivity contribution in [3.8, 4) is 0 Å². The fraction of sp³-hybridized carbons (Fsp3) is 0.389. The van der Waals surface area contributed by atoms with Gasteiger partial charge in [-0.3, -0.25) is 4.79 Å². The minimum absolute atomic E-state index is 0.0181. The maximum atomic E-state index is 13.0. The lowest BCUT2D eigenvalue weighted by molar-refractivity contribution is 0.0665. The molecule has 6 heteroatoms. The Bertz CT molecular complexity index is 853. The number of hydrogen-bond donors (Lipinski definition) is 0. The molecule has 0 spiro atoms. The second-order valence-electron chi connectivity index (χ2n) is 6.37. The molecule has 1 atom stereocenters. The van der Waals surface area contributed by atoms with E-state index >= 15 is 0 Å². The van der Waals surface area contributed by atoms with Crippen LogP contribution in [-0.4, -0.2) is 36.8 Å². The highest BCUT2D eigenvalue weighted by atomic mass is 32.2. The van der Waals surface area contributed by atoms with Crippen molar-refractivity contribution >= 4 is 15.7 Å². The molecule has 128 valence electrons. The average molecular weight is 347 g/mol. The summed E-state index contributed by atoms with van der Waals surface area (Å²) in [6.07, 6.45) is 0.472. The monoisotopic (exact) mass is 347 g/mol. The molecule has 1 aliphatic heterocycles. The van der Waals surface area contributed by atoms with Gasteiger partial charge in [0.15, 0.2) is 9.84 Å². The van der Waals surface area contributed by atoms with Crippen molar-refractivity contribution in [2.24, 2.45) is 0 Å². The zero-order valence-electron chi connectivity index (χ0n) is 13.9. The van der Waals surface area contributed by atoms with E-state index in [2.05, 4.69) is 0 Å². The van der Waals surface area contributed by atoms with Crippen LogP contribution in [0.2, 0.25) is 0 Å². The summed E-state index contributed by atoms with van der Waals surface area (Å²) in [5, 5.41) is 0. The second-order valence-corrected chi connectivity index (χ2v) is 8.60. The fourth-order valence-electron chi connectivity index (χ4n) is 3.07. The molecule has 1 aliphatic rings. The van der Waals surface area contributed by atoms with Gasteiger partial charge < -0.3 is 9.32 Å². The van der Waals surface area contributed by atoms with Gasteiger partial charge in [-0.25, -0.2) is 8.42 Å². The van der Waals surface area contributed by atoms with Crippen LogP contribution >= 0.6 is 0 Å². The molecule has 0 N–H and O–H groups in total. The number of amides is 1. The van der Waals surface area contributed by atoms with Gasteiger partial charge in [0.1, 0.15) is 11.5 Å². The van der Waals surface area contributed by atoms with E-state index in [1.54, 1.807) is 11.0 Å². The molecule has 1 amide bonds. The van der Waals surface area contributed by atoms with Gasteiger partial charge in [-0.15, -0.1) is 0 Å². The van der Waals surface area contributed by atoms with Crippen molar-refractivity contribution in [1.82, 2.24) is 4.90 Å². The molecule has 2 heterocycles. The Morgan fingerprint density at radius 2 is 2.04 bits per heavy atom. The molecule has 24 heavy (non-hydrogen) atoms. The van der Waals surface area contributed by atoms with Crippen LogP contribution in [0.4, 0.5) is 0 Å². The third kappa shape index (κ3) is 3.70. The molecule has 0 bridgehead atoms. The standard InChI is InChI=1S/C18H21NO4S/c1-13-4-3-5-15(10-13)18(20)19(11-17-7-6-14(2)23-17)16-8-9-24(21,22)12-16/h3-7,10,16H,8-9,11-12H2,1-2H3/t16-/m1/s1. The van der Waals surface area contributed by atoms with E-state index in [4.69, 9.17) is 4.42 Å². The lowest BCUT2D eigenvalue weighted by Crippen LogP contribution is -2.40. The molecule has 5 nitrogen and oxygen atoms in total. The Hall–Kier alpha value is -2.08. The van der Waals surface area contributed by atoms with Crippen LogP contribution in [0.25, 0.3) is 0 Å². The molecule has 1 saturated heterocycles. The summed E-state index contributed by atoms with van der Waals surface area (Å²) in [6.45, 7) is 4.05. The molecular weight excluding hydrogens is 326 g/mol. The number of carbonyl (C=O) groups excluding carboxylic acids is 1. The van der Waals surface area contributed by atoms with Crippen LogP contribution in [0.1, 0.15) is 33.9 Å². The van der Waals surface area contributed by atoms with E-state index < -0.39 is 9.84 Å². The summed E-state index contributed by atoms with van der Waals surface area (Å²) in [4.78, 5) is 14.6. The highest BCUT2D eigenvalue weighted by Crippen LogP contribution is 2.23. The highest BCUT2D eigenvalue weighted by Gasteiger charge is 2.35. The largest absolute Gasteiger partial charge is 0.464 e. The van der Waals surface area contributed by atoms with Crippen molar-refractivity contribution in [1.29, 1.82) is 0 Å². The SMILES string of the molecule is Cc1cccc(C(=O)N(Cc2ccc(C)o2)[C@@H]2CCS(=O)(=O)C2)c1. The normalized spacial score (nSPS) is 19.3. The molecule has 0 saturated carbocycles. The van der Waals surface area contributed by atoms with Gasteiger partial charge in [-0.05, 0) is 44.5 Å². The van der Waals surface area contributed by atoms with E-state index in [1.165, 1.54) is 0 Å². The summed E-state index contributed by atoms with van der Waals surface area (Å²) < 4.78 is 29.3. The summed E-state index contributed by atoms with van der Waals surface area (Å²) >= 11 is 0. The summed E-state index contributed by atoms with van der Waals surface area (Å²) in [6, 6.07) is 10.7. The maximum Gasteiger partial charge on any atom is 0.254 e. The molecule has 1 aromatic heterocycles. The molecular formula is C18H21NO4S. The minimum Gasteiger partial charge on any atom is -0.464 e. The number of hydrogen-bond acceptors (Lipinski definition) is 4. The van der Waals surface area contributed by atoms with Gasteiger partial charge in [0, 0.05) is 11.6 Å². The molecule has 0 radical (unpaired) electrons. The lowest BCUT2D eigenvalue weighted by Gasteiger charge is -2.27. The lowest BCUT2D eigenvalue weighted by atomic mass is 10.1. The number of sulfone groups is 1. The Labute approximate surface area is 142 Å². The van der Waals surface area contributed by atoms with Crippen molar-refractivity contribution in [3.63, 3.8) is 0 Å². The number of rotatable bonds is 4. The average Bonchev–Trinajstić information content (AvgIpc) is 3.09. The topological polar surface area (TPSA) is 67.6 Å². The van der Waals surface area contributed by atoms with E-state index in [-0.39, 0.29) is 30.0 Å². The number of benzene rings is 1. The molecule has 1 aromatic carbocycles. The van der Waals surface area contributed by atoms with Crippen molar-refractivity contribution in [2.75, 3.05) is 11.5 Å². The summed E-state index contributed by atoms with van der Waals surface area (Å²) in [7, 11) is -3.08. The smallest absolute Gasteiger partial charge is 0.254 e. The quantitative estimate of drug-likeness (QED) is 0.853. The first-order chi connectivity index (χ1) is 11.3. The molecule has 3 rings (SSSR count). The van der Waals surface area contributed by atoms with Gasteiger partial charge >= 0.3 is 0 Å². The Morgan fingerprint density at radius 1 is 1.25 bits per heavy atom. The minimum atomic E-state index is -3.08. The van der Waals surface area contributed by atoms with Crippen LogP contribution in [0.15, 0.2) is 40.8 Å². The van der Waals surface area contributed by atoms with Crippen LogP contribution in [-0.2, 0) is 16.4 Å². The number of furan rings is 1. The second kappa shape index (κ2) is 6.43. The first kappa shape index (κ1) is 16.8. The van der Waals surface area contributed by atoms with Crippen LogP contribution < -0.4 is 0 Å². The predicted molar refractivity (Wildman–Crippen MR) is 91.6 cm³/mol. The van der Waals surface area contributed by atoms with E-state index in [0.717, 1.165) is 11.3 Å². The van der Waals surface area contributed by atoms with Gasteiger partial charge in [0.25, 0.3) is 5.91 Å². The molecule has 1 fully saturated rings. The number of aryl methyl sites for hydroxylation is 2. The highest BCUT2D eigenvalue weighted by molar-refractivity contribution is 7.91. The van der Waals surface area contributed by atoms with Gasteiger partial charge in [0.2, 0.25) is 0 Å². The zero-order valence-corrected chi connectivity index (χ0v) is 14.7. The molecule has 2 aromatic rings. The van der Waals surface area contributed by atoms with Gasteiger partial charge in [0.05, 0.1) is 18.1 Å². The first-order valence-electron chi connectivity index (χ1n) is 7.97. The summed E-state index contributed by atoms with van der Waals surface area (Å²) in [5.74, 6) is 1.43. The van der Waals surface area contributed by atoms with Crippen molar-refractivity contribution in [2.45, 2.75) is 32.9 Å². The third-order valence-corrected chi connectivity index (χ3v) is 6.05. The predicted octanol–water partition coefficient (Wildman–Crippen LogP) is 2.73. The van der Waals surface area contributed by atoms with E-state index in [1.807, 2.05) is 44.2 Å². The van der Waals surface area contributed by atoms with Gasteiger partial charge in [-0.2, -0.15) is 0 Å². The van der Waals surface area contributed by atoms with Gasteiger partial charge in [-0.1, -0.05) is 17.7 Å². The van der Waals surface area contributed by atoms with Crippen molar-refractivity contribution in [3.05, 3.63) is 59.0 Å². The van der Waals surface area contributed by atoms with E-state index in [0.29, 0.717) is 17.7 Å². The third-order valence-electron chi connectivity index (χ3n) is 4.30. The van der Waals surface area contributed by atoms with E-state index in [9.17, 15) is 13.2 Å². The first-order valence-corrected chi connectivity index (χ1v) is 9.79. The van der Waals surface area contributed by atoms with Crippen molar-refractivity contribution < 1.29 is 17.6 Å². The summed E-state index contributed by atoms with van der Waals surface area (Å²) in [5.41, 5.74) is 1.57. The Morgan fingerprint density at radius 3 is 2.62 bits per heavy atom. The molecule has 0 unspecified atom stereocenters. The van der Waals surface area contributed by atoms with Crippen LogP contribution in [0.5, 0.6) is 0 Å². The van der Waals surface area contributed by atoms with Crippen LogP contribution in [0.3, 0.4) is 0 Å². The maximum absolute atomic E-state index is 13.0. The number of carbonyl (C=O) groups is 1. The fourth-order valence-corrected chi connectivity index (χ4v) is 4.80. The number of nitrogens with zero attached hydrogens (tertiary/aromatic N) is 1. The zero-order chi connectivity index (χ0) is 17.3. The van der Waals surface area contributed by atoms with Crippen LogP contribution in [0, 0.1) is 13.8 Å². The Balaban J connectivity index is 1.90.